The summed E-state index contributed by atoms with van der Waals surface area (Å²) in [6.45, 7) is 1.92. The summed E-state index contributed by atoms with van der Waals surface area (Å²) >= 11 is 0. The number of carbonyl (C=O) groups excluding carboxylic acids is 1. The van der Waals surface area contributed by atoms with E-state index in [1.165, 1.54) is 4.57 Å². The molecule has 5 nitrogen and oxygen atoms in total. The van der Waals surface area contributed by atoms with Crippen molar-refractivity contribution in [3.8, 4) is 11.8 Å². The average Bonchev–Trinajstić information content (AvgIpc) is 3.54. The third kappa shape index (κ3) is 4.30. The lowest BCUT2D eigenvalue weighted by atomic mass is 9.60. The Morgan fingerprint density at radius 1 is 0.946 bits per heavy atom. The first-order valence-corrected chi connectivity index (χ1v) is 12.4. The lowest BCUT2D eigenvalue weighted by Crippen LogP contribution is -2.46. The molecule has 5 heteroatoms. The van der Waals surface area contributed by atoms with Gasteiger partial charge in [0, 0.05) is 17.7 Å². The van der Waals surface area contributed by atoms with Gasteiger partial charge in [-0.3, -0.25) is 4.79 Å². The van der Waals surface area contributed by atoms with Gasteiger partial charge in [-0.1, -0.05) is 96.9 Å². The van der Waals surface area contributed by atoms with Crippen LogP contribution in [-0.2, 0) is 10.2 Å². The van der Waals surface area contributed by atoms with Gasteiger partial charge in [0.15, 0.2) is 12.5 Å². The zero-order valence-electron chi connectivity index (χ0n) is 20.6. The Labute approximate surface area is 217 Å². The maximum Gasteiger partial charge on any atom is 0.166 e. The molecule has 3 aromatic carbocycles. The molecule has 0 aliphatic carbocycles. The highest BCUT2D eigenvalue weighted by Gasteiger charge is 2.54. The smallest absolute Gasteiger partial charge is 0.166 e. The van der Waals surface area contributed by atoms with Crippen molar-refractivity contribution in [3.05, 3.63) is 131 Å². The van der Waals surface area contributed by atoms with Gasteiger partial charge in [0.1, 0.15) is 6.10 Å². The van der Waals surface area contributed by atoms with Gasteiger partial charge in [0.05, 0.1) is 23.8 Å². The number of aliphatic hydroxyl groups is 2. The Balaban J connectivity index is 1.64. The van der Waals surface area contributed by atoms with Crippen molar-refractivity contribution in [2.24, 2.45) is 5.92 Å². The van der Waals surface area contributed by atoms with Crippen LogP contribution >= 0.6 is 0 Å². The highest BCUT2D eigenvalue weighted by atomic mass is 16.5. The van der Waals surface area contributed by atoms with Gasteiger partial charge in [-0.2, -0.15) is 0 Å². The molecule has 1 saturated heterocycles. The summed E-state index contributed by atoms with van der Waals surface area (Å²) in [6.07, 6.45) is -0.974. The van der Waals surface area contributed by atoms with Crippen molar-refractivity contribution in [1.29, 1.82) is 0 Å². The SMILES string of the molecule is CC#Cc1cc(C=O)n(C(O)[C@H]2OC[C@@H](C(c3ccccc3)(c3ccccc3)c3ccccc3)[C@@H]2O)c1. The molecular formula is C32H29NO4. The fourth-order valence-corrected chi connectivity index (χ4v) is 5.72. The van der Waals surface area contributed by atoms with E-state index in [1.54, 1.807) is 19.2 Å². The van der Waals surface area contributed by atoms with E-state index in [0.29, 0.717) is 11.8 Å². The maximum absolute atomic E-state index is 11.9. The van der Waals surface area contributed by atoms with E-state index in [4.69, 9.17) is 4.74 Å². The molecule has 4 atom stereocenters. The number of benzene rings is 3. The molecule has 0 radical (unpaired) electrons. The fourth-order valence-electron chi connectivity index (χ4n) is 5.72. The second-order valence-electron chi connectivity index (χ2n) is 9.27. The Morgan fingerprint density at radius 3 is 1.92 bits per heavy atom. The van der Waals surface area contributed by atoms with Crippen LogP contribution < -0.4 is 0 Å². The molecule has 0 amide bonds. The first-order chi connectivity index (χ1) is 18.1. The largest absolute Gasteiger partial charge is 0.390 e. The molecule has 1 aliphatic heterocycles. The molecule has 2 heterocycles. The summed E-state index contributed by atoms with van der Waals surface area (Å²) in [6, 6.07) is 32.0. The van der Waals surface area contributed by atoms with Crippen molar-refractivity contribution in [3.63, 3.8) is 0 Å². The number of aliphatic hydroxyl groups excluding tert-OH is 2. The van der Waals surface area contributed by atoms with E-state index >= 15 is 0 Å². The number of ether oxygens (including phenoxy) is 1. The Kier molecular flexibility index (Phi) is 7.07. The van der Waals surface area contributed by atoms with E-state index in [-0.39, 0.29) is 12.3 Å². The molecule has 37 heavy (non-hydrogen) atoms. The van der Waals surface area contributed by atoms with Crippen LogP contribution in [0, 0.1) is 17.8 Å². The van der Waals surface area contributed by atoms with Crippen LogP contribution in [0.3, 0.4) is 0 Å². The summed E-state index contributed by atoms with van der Waals surface area (Å²) in [4.78, 5) is 11.7. The summed E-state index contributed by atoms with van der Waals surface area (Å²) < 4.78 is 7.59. The molecule has 1 fully saturated rings. The van der Waals surface area contributed by atoms with Crippen molar-refractivity contribution in [2.75, 3.05) is 6.61 Å². The zero-order chi connectivity index (χ0) is 25.8. The Bertz CT molecular complexity index is 1310. The summed E-state index contributed by atoms with van der Waals surface area (Å²) in [5.74, 6) is 5.29. The summed E-state index contributed by atoms with van der Waals surface area (Å²) in [5, 5.41) is 23.2. The molecule has 0 saturated carbocycles. The van der Waals surface area contributed by atoms with Gasteiger partial charge in [-0.05, 0) is 29.7 Å². The summed E-state index contributed by atoms with van der Waals surface area (Å²) in [5.41, 5.74) is 3.19. The normalized spacial score (nSPS) is 20.1. The molecule has 186 valence electrons. The van der Waals surface area contributed by atoms with E-state index in [0.717, 1.165) is 16.7 Å². The van der Waals surface area contributed by atoms with Crippen LogP contribution in [0.15, 0.2) is 103 Å². The number of carbonyl (C=O) groups is 1. The number of aldehydes is 1. The zero-order valence-corrected chi connectivity index (χ0v) is 20.6. The molecule has 4 aromatic rings. The minimum absolute atomic E-state index is 0.209. The maximum atomic E-state index is 11.9. The van der Waals surface area contributed by atoms with Gasteiger partial charge < -0.3 is 19.5 Å². The minimum atomic E-state index is -1.27. The van der Waals surface area contributed by atoms with Crippen molar-refractivity contribution >= 4 is 6.29 Å². The standard InChI is InChI=1S/C32H29NO4/c1-2-12-23-19-27(21-34)33(20-23)31(36)30-29(35)28(22-37-30)32(24-13-6-3-7-14-24,25-15-8-4-9-16-25)26-17-10-5-11-18-26/h3-11,13-21,28-31,35-36H,22H2,1H3/t28-,29+,30+,31?/m1/s1. The Morgan fingerprint density at radius 2 is 1.46 bits per heavy atom. The first-order valence-electron chi connectivity index (χ1n) is 12.4. The molecule has 0 spiro atoms. The number of hydrogen-bond acceptors (Lipinski definition) is 4. The first kappa shape index (κ1) is 24.7. The molecule has 1 aliphatic rings. The van der Waals surface area contributed by atoms with Crippen LogP contribution in [0.1, 0.15) is 45.9 Å². The highest BCUT2D eigenvalue weighted by Crippen LogP contribution is 2.50. The van der Waals surface area contributed by atoms with Crippen molar-refractivity contribution < 1.29 is 19.7 Å². The number of hydrogen-bond donors (Lipinski definition) is 2. The van der Waals surface area contributed by atoms with Crippen LogP contribution in [0.25, 0.3) is 0 Å². The second kappa shape index (κ2) is 10.6. The molecular weight excluding hydrogens is 462 g/mol. The summed E-state index contributed by atoms with van der Waals surface area (Å²) in [7, 11) is 0. The topological polar surface area (TPSA) is 71.7 Å². The van der Waals surface area contributed by atoms with Crippen LogP contribution in [0.2, 0.25) is 0 Å². The monoisotopic (exact) mass is 491 g/mol. The van der Waals surface area contributed by atoms with Gasteiger partial charge >= 0.3 is 0 Å². The third-order valence-corrected chi connectivity index (χ3v) is 7.31. The van der Waals surface area contributed by atoms with Gasteiger partial charge in [-0.15, -0.1) is 5.92 Å². The fraction of sp³-hybridized carbons (Fsp3) is 0.219. The van der Waals surface area contributed by atoms with E-state index in [2.05, 4.69) is 48.2 Å². The second-order valence-corrected chi connectivity index (χ2v) is 9.27. The number of aromatic nitrogens is 1. The van der Waals surface area contributed by atoms with Gasteiger partial charge in [0.2, 0.25) is 0 Å². The van der Waals surface area contributed by atoms with Gasteiger partial charge in [0.25, 0.3) is 0 Å². The average molecular weight is 492 g/mol. The molecule has 1 unspecified atom stereocenters. The lowest BCUT2D eigenvalue weighted by Gasteiger charge is -2.42. The molecule has 0 bridgehead atoms. The van der Waals surface area contributed by atoms with E-state index in [1.807, 2.05) is 54.6 Å². The van der Waals surface area contributed by atoms with E-state index < -0.39 is 29.8 Å². The number of rotatable bonds is 7. The quantitative estimate of drug-likeness (QED) is 0.226. The van der Waals surface area contributed by atoms with Crippen LogP contribution in [0.4, 0.5) is 0 Å². The molecule has 2 N–H and O–H groups in total. The van der Waals surface area contributed by atoms with Crippen LogP contribution in [-0.4, -0.2) is 39.9 Å². The molecule has 5 rings (SSSR count). The van der Waals surface area contributed by atoms with E-state index in [9.17, 15) is 15.0 Å². The third-order valence-electron chi connectivity index (χ3n) is 7.31. The van der Waals surface area contributed by atoms with Gasteiger partial charge in [-0.25, -0.2) is 0 Å². The molecule has 1 aromatic heterocycles. The predicted octanol–water partition coefficient (Wildman–Crippen LogP) is 4.57. The number of nitrogens with zero attached hydrogens (tertiary/aromatic N) is 1. The predicted molar refractivity (Wildman–Crippen MR) is 142 cm³/mol. The van der Waals surface area contributed by atoms with Crippen molar-refractivity contribution in [1.82, 2.24) is 4.57 Å². The van der Waals surface area contributed by atoms with Crippen LogP contribution in [0.5, 0.6) is 0 Å². The lowest BCUT2D eigenvalue weighted by molar-refractivity contribution is -0.0817. The van der Waals surface area contributed by atoms with Crippen molar-refractivity contribution in [2.45, 2.75) is 30.8 Å². The minimum Gasteiger partial charge on any atom is -0.390 e. The highest BCUT2D eigenvalue weighted by molar-refractivity contribution is 5.73. The Hall–Kier alpha value is -3.95.